The van der Waals surface area contributed by atoms with Crippen molar-refractivity contribution in [3.8, 4) is 0 Å². The van der Waals surface area contributed by atoms with Gasteiger partial charge in [-0.3, -0.25) is 9.59 Å². The van der Waals surface area contributed by atoms with Crippen LogP contribution in [-0.4, -0.2) is 34.1 Å². The predicted molar refractivity (Wildman–Crippen MR) is 100 cm³/mol. The lowest BCUT2D eigenvalue weighted by Gasteiger charge is -2.13. The number of hydrogen-bond acceptors (Lipinski definition) is 3. The summed E-state index contributed by atoms with van der Waals surface area (Å²) in [6, 6.07) is 11.6. The summed E-state index contributed by atoms with van der Waals surface area (Å²) in [5, 5.41) is 2.93. The number of para-hydroxylation sites is 2. The second-order valence-corrected chi connectivity index (χ2v) is 6.75. The molecule has 1 N–H and O–H groups in total. The van der Waals surface area contributed by atoms with Crippen LogP contribution >= 0.6 is 0 Å². The van der Waals surface area contributed by atoms with Crippen molar-refractivity contribution in [2.45, 2.75) is 38.3 Å². The summed E-state index contributed by atoms with van der Waals surface area (Å²) in [7, 11) is 0. The molecule has 26 heavy (non-hydrogen) atoms. The van der Waals surface area contributed by atoms with E-state index in [9.17, 15) is 9.59 Å². The molecule has 0 bridgehead atoms. The van der Waals surface area contributed by atoms with Gasteiger partial charge in [-0.05, 0) is 43.5 Å². The van der Waals surface area contributed by atoms with E-state index in [0.717, 1.165) is 30.5 Å². The average molecular weight is 353 g/mol. The maximum Gasteiger partial charge on any atom is 0.275 e. The minimum absolute atomic E-state index is 0.0154. The first-order chi connectivity index (χ1) is 12.7. The van der Waals surface area contributed by atoms with E-state index in [2.05, 4.69) is 5.32 Å². The topological polar surface area (TPSA) is 64.7 Å². The molecule has 1 fully saturated rings. The van der Waals surface area contributed by atoms with Crippen LogP contribution in [0.25, 0.3) is 16.6 Å². The van der Waals surface area contributed by atoms with Gasteiger partial charge in [0.15, 0.2) is 0 Å². The number of carbonyl (C=O) groups is 1. The summed E-state index contributed by atoms with van der Waals surface area (Å²) in [6.45, 7) is 1.89. The fourth-order valence-corrected chi connectivity index (χ4v) is 3.65. The van der Waals surface area contributed by atoms with Gasteiger partial charge in [-0.2, -0.15) is 0 Å². The van der Waals surface area contributed by atoms with Crippen molar-refractivity contribution in [2.75, 3.05) is 13.2 Å². The molecule has 1 aliphatic heterocycles. The monoisotopic (exact) mass is 353 g/mol. The van der Waals surface area contributed by atoms with Gasteiger partial charge in [0.25, 0.3) is 5.56 Å². The van der Waals surface area contributed by atoms with Crippen molar-refractivity contribution in [3.05, 3.63) is 52.9 Å². The van der Waals surface area contributed by atoms with Crippen LogP contribution < -0.4 is 10.9 Å². The Morgan fingerprint density at radius 3 is 2.77 bits per heavy atom. The molecule has 0 aliphatic carbocycles. The summed E-state index contributed by atoms with van der Waals surface area (Å²) >= 11 is 0. The normalized spacial score (nSPS) is 17.2. The summed E-state index contributed by atoms with van der Waals surface area (Å²) in [5.41, 5.74) is 2.52. The van der Waals surface area contributed by atoms with Gasteiger partial charge < -0.3 is 19.0 Å². The van der Waals surface area contributed by atoms with Crippen molar-refractivity contribution < 1.29 is 9.53 Å². The SMILES string of the molecule is O=C(CCCn1c(=O)c2cccn2c2ccccc21)NC[C@@H]1CCCO1. The third-order valence-electron chi connectivity index (χ3n) is 4.98. The van der Waals surface area contributed by atoms with E-state index in [1.165, 1.54) is 0 Å². The van der Waals surface area contributed by atoms with Crippen molar-refractivity contribution in [2.24, 2.45) is 0 Å². The highest BCUT2D eigenvalue weighted by Crippen LogP contribution is 2.15. The molecule has 0 radical (unpaired) electrons. The zero-order valence-electron chi connectivity index (χ0n) is 14.7. The summed E-state index contributed by atoms with van der Waals surface area (Å²) in [4.78, 5) is 24.9. The van der Waals surface area contributed by atoms with Crippen molar-refractivity contribution in [1.29, 1.82) is 0 Å². The highest BCUT2D eigenvalue weighted by molar-refractivity contribution is 5.79. The molecule has 1 aromatic carbocycles. The van der Waals surface area contributed by atoms with Gasteiger partial charge in [0, 0.05) is 32.3 Å². The zero-order valence-corrected chi connectivity index (χ0v) is 14.7. The van der Waals surface area contributed by atoms with Gasteiger partial charge in [-0.25, -0.2) is 0 Å². The van der Waals surface area contributed by atoms with Crippen LogP contribution in [-0.2, 0) is 16.1 Å². The third-order valence-corrected chi connectivity index (χ3v) is 4.98. The van der Waals surface area contributed by atoms with Crippen molar-refractivity contribution in [3.63, 3.8) is 0 Å². The van der Waals surface area contributed by atoms with Gasteiger partial charge in [0.2, 0.25) is 5.91 Å². The van der Waals surface area contributed by atoms with Gasteiger partial charge in [0.05, 0.1) is 17.1 Å². The molecule has 3 aromatic rings. The molecule has 1 aliphatic rings. The Labute approximate surface area is 151 Å². The van der Waals surface area contributed by atoms with E-state index in [1.54, 1.807) is 4.57 Å². The van der Waals surface area contributed by atoms with E-state index in [-0.39, 0.29) is 17.6 Å². The first-order valence-electron chi connectivity index (χ1n) is 9.21. The number of aryl methyl sites for hydroxylation is 1. The number of nitrogens with one attached hydrogen (secondary N) is 1. The second kappa shape index (κ2) is 7.33. The Balaban J connectivity index is 1.45. The number of nitrogens with zero attached hydrogens (tertiary/aromatic N) is 2. The number of rotatable bonds is 6. The van der Waals surface area contributed by atoms with Crippen LogP contribution in [0, 0.1) is 0 Å². The van der Waals surface area contributed by atoms with Crippen LogP contribution in [0.2, 0.25) is 0 Å². The fraction of sp³-hybridized carbons (Fsp3) is 0.400. The minimum Gasteiger partial charge on any atom is -0.376 e. The maximum absolute atomic E-state index is 12.8. The van der Waals surface area contributed by atoms with Crippen LogP contribution in [0.5, 0.6) is 0 Å². The summed E-state index contributed by atoms with van der Waals surface area (Å²) in [6.07, 6.45) is 5.17. The lowest BCUT2D eigenvalue weighted by Crippen LogP contribution is -2.32. The average Bonchev–Trinajstić information content (AvgIpc) is 3.34. The predicted octanol–water partition coefficient (Wildman–Crippen LogP) is 2.33. The highest BCUT2D eigenvalue weighted by atomic mass is 16.5. The smallest absolute Gasteiger partial charge is 0.275 e. The number of benzene rings is 1. The first kappa shape index (κ1) is 16.8. The molecule has 6 heteroatoms. The summed E-state index contributed by atoms with van der Waals surface area (Å²) < 4.78 is 9.21. The highest BCUT2D eigenvalue weighted by Gasteiger charge is 2.16. The Morgan fingerprint density at radius 2 is 1.96 bits per heavy atom. The standard InChI is InChI=1S/C20H23N3O3/c24-19(21-14-15-6-5-13-26-15)10-4-12-23-17-8-2-1-7-16(17)22-11-3-9-18(22)20(23)25/h1-3,7-9,11,15H,4-6,10,12-14H2,(H,21,24)/t15-/m0/s1. The number of fused-ring (bicyclic) bond motifs is 3. The number of ether oxygens (including phenoxy) is 1. The number of hydrogen-bond donors (Lipinski definition) is 1. The molecular weight excluding hydrogens is 330 g/mol. The van der Waals surface area contributed by atoms with Crippen LogP contribution in [0.1, 0.15) is 25.7 Å². The molecule has 1 saturated heterocycles. The van der Waals surface area contributed by atoms with E-state index in [4.69, 9.17) is 4.74 Å². The molecule has 3 heterocycles. The van der Waals surface area contributed by atoms with Crippen LogP contribution in [0.3, 0.4) is 0 Å². The third kappa shape index (κ3) is 3.24. The van der Waals surface area contributed by atoms with E-state index >= 15 is 0 Å². The maximum atomic E-state index is 12.8. The molecule has 0 spiro atoms. The first-order valence-corrected chi connectivity index (χ1v) is 9.21. The molecule has 1 amide bonds. The molecule has 136 valence electrons. The number of amides is 1. The largest absolute Gasteiger partial charge is 0.376 e. The molecule has 0 saturated carbocycles. The molecular formula is C20H23N3O3. The number of aromatic nitrogens is 2. The van der Waals surface area contributed by atoms with Crippen molar-refractivity contribution >= 4 is 22.5 Å². The zero-order chi connectivity index (χ0) is 17.9. The van der Waals surface area contributed by atoms with Crippen molar-refractivity contribution in [1.82, 2.24) is 14.3 Å². The summed E-state index contributed by atoms with van der Waals surface area (Å²) in [5.74, 6) is 0.0154. The molecule has 4 rings (SSSR count). The molecule has 2 aromatic heterocycles. The molecule has 0 unspecified atom stereocenters. The van der Waals surface area contributed by atoms with Gasteiger partial charge in [0.1, 0.15) is 5.52 Å². The lowest BCUT2D eigenvalue weighted by atomic mass is 10.2. The lowest BCUT2D eigenvalue weighted by molar-refractivity contribution is -0.121. The van der Waals surface area contributed by atoms with Gasteiger partial charge in [-0.15, -0.1) is 0 Å². The van der Waals surface area contributed by atoms with E-state index < -0.39 is 0 Å². The van der Waals surface area contributed by atoms with Crippen LogP contribution in [0.15, 0.2) is 47.4 Å². The fourth-order valence-electron chi connectivity index (χ4n) is 3.65. The quantitative estimate of drug-likeness (QED) is 0.740. The Bertz CT molecular complexity index is 983. The minimum atomic E-state index is -0.0199. The second-order valence-electron chi connectivity index (χ2n) is 6.75. The van der Waals surface area contributed by atoms with E-state index in [0.29, 0.717) is 31.4 Å². The number of carbonyl (C=O) groups excluding carboxylic acids is 1. The molecule has 6 nitrogen and oxygen atoms in total. The Hall–Kier alpha value is -2.60. The van der Waals surface area contributed by atoms with Gasteiger partial charge >= 0.3 is 0 Å². The van der Waals surface area contributed by atoms with Crippen LogP contribution in [0.4, 0.5) is 0 Å². The molecule has 1 atom stereocenters. The Morgan fingerprint density at radius 1 is 1.15 bits per heavy atom. The Kier molecular flexibility index (Phi) is 4.75. The van der Waals surface area contributed by atoms with Gasteiger partial charge in [-0.1, -0.05) is 12.1 Å². The van der Waals surface area contributed by atoms with E-state index in [1.807, 2.05) is 47.0 Å².